The van der Waals surface area contributed by atoms with Crippen LogP contribution in [0.5, 0.6) is 0 Å². The van der Waals surface area contributed by atoms with Crippen molar-refractivity contribution < 1.29 is 9.90 Å². The molecule has 1 fully saturated rings. The SMILES string of the molecule is N#CCCNC(=O)CN1CCCC(CO)C1. The van der Waals surface area contributed by atoms with Crippen LogP contribution >= 0.6 is 0 Å². The van der Waals surface area contributed by atoms with Gasteiger partial charge in [0.25, 0.3) is 0 Å². The number of aliphatic hydroxyl groups excluding tert-OH is 1. The Morgan fingerprint density at radius 3 is 3.12 bits per heavy atom. The third-order valence-electron chi connectivity index (χ3n) is 2.79. The third-order valence-corrected chi connectivity index (χ3v) is 2.79. The van der Waals surface area contributed by atoms with Crippen LogP contribution in [0.25, 0.3) is 0 Å². The number of nitriles is 1. The lowest BCUT2D eigenvalue weighted by atomic mass is 9.99. The predicted octanol–water partition coefficient (Wildman–Crippen LogP) is -0.279. The van der Waals surface area contributed by atoms with E-state index in [9.17, 15) is 4.79 Å². The van der Waals surface area contributed by atoms with Crippen LogP contribution < -0.4 is 5.32 Å². The van der Waals surface area contributed by atoms with Gasteiger partial charge in [0.05, 0.1) is 19.0 Å². The predicted molar refractivity (Wildman–Crippen MR) is 59.5 cm³/mol. The second kappa shape index (κ2) is 7.20. The van der Waals surface area contributed by atoms with Crippen LogP contribution in [0, 0.1) is 17.2 Å². The van der Waals surface area contributed by atoms with Gasteiger partial charge < -0.3 is 10.4 Å². The average Bonchev–Trinajstić information content (AvgIpc) is 2.29. The lowest BCUT2D eigenvalue weighted by Gasteiger charge is -2.31. The Hall–Kier alpha value is -1.12. The molecule has 5 nitrogen and oxygen atoms in total. The smallest absolute Gasteiger partial charge is 0.234 e. The summed E-state index contributed by atoms with van der Waals surface area (Å²) in [5.41, 5.74) is 0. The minimum absolute atomic E-state index is 0.0335. The van der Waals surface area contributed by atoms with Gasteiger partial charge in [0.1, 0.15) is 0 Å². The van der Waals surface area contributed by atoms with E-state index in [-0.39, 0.29) is 12.5 Å². The van der Waals surface area contributed by atoms with E-state index in [2.05, 4.69) is 10.2 Å². The third kappa shape index (κ3) is 4.60. The molecule has 1 rings (SSSR count). The molecule has 0 aliphatic carbocycles. The minimum atomic E-state index is -0.0335. The maximum atomic E-state index is 11.5. The standard InChI is InChI=1S/C11H19N3O2/c12-4-2-5-13-11(16)8-14-6-1-3-10(7-14)9-15/h10,15H,1-3,5-9H2,(H,13,16). The number of carbonyl (C=O) groups is 1. The van der Waals surface area contributed by atoms with Gasteiger partial charge in [-0.3, -0.25) is 9.69 Å². The highest BCUT2D eigenvalue weighted by Crippen LogP contribution is 2.14. The fourth-order valence-electron chi connectivity index (χ4n) is 1.96. The maximum Gasteiger partial charge on any atom is 0.234 e. The molecule has 1 unspecified atom stereocenters. The van der Waals surface area contributed by atoms with Crippen LogP contribution in [0.4, 0.5) is 0 Å². The quantitative estimate of drug-likeness (QED) is 0.631. The van der Waals surface area contributed by atoms with Crippen molar-refractivity contribution in [2.24, 2.45) is 5.92 Å². The summed E-state index contributed by atoms with van der Waals surface area (Å²) >= 11 is 0. The second-order valence-electron chi connectivity index (χ2n) is 4.18. The first kappa shape index (κ1) is 12.9. The monoisotopic (exact) mass is 225 g/mol. The number of hydrogen-bond acceptors (Lipinski definition) is 4. The second-order valence-corrected chi connectivity index (χ2v) is 4.18. The summed E-state index contributed by atoms with van der Waals surface area (Å²) in [6.07, 6.45) is 2.44. The zero-order valence-electron chi connectivity index (χ0n) is 9.48. The van der Waals surface area contributed by atoms with E-state index < -0.39 is 0 Å². The molecular weight excluding hydrogens is 206 g/mol. The van der Waals surface area contributed by atoms with E-state index >= 15 is 0 Å². The first-order chi connectivity index (χ1) is 7.76. The number of hydrogen-bond donors (Lipinski definition) is 2. The molecule has 0 radical (unpaired) electrons. The molecule has 1 aliphatic rings. The van der Waals surface area contributed by atoms with E-state index in [1.54, 1.807) is 0 Å². The van der Waals surface area contributed by atoms with Crippen molar-refractivity contribution in [3.05, 3.63) is 0 Å². The van der Waals surface area contributed by atoms with Crippen molar-refractivity contribution >= 4 is 5.91 Å². The van der Waals surface area contributed by atoms with Crippen LogP contribution in [0.15, 0.2) is 0 Å². The molecule has 0 aromatic heterocycles. The van der Waals surface area contributed by atoms with Crippen LogP contribution in [-0.2, 0) is 4.79 Å². The van der Waals surface area contributed by atoms with Crippen LogP contribution in [0.3, 0.4) is 0 Å². The molecule has 1 amide bonds. The van der Waals surface area contributed by atoms with Crippen molar-refractivity contribution in [1.29, 1.82) is 5.26 Å². The summed E-state index contributed by atoms with van der Waals surface area (Å²) in [5.74, 6) is 0.273. The molecule has 0 spiro atoms. The molecule has 90 valence electrons. The van der Waals surface area contributed by atoms with E-state index in [1.165, 1.54) is 0 Å². The summed E-state index contributed by atoms with van der Waals surface area (Å²) < 4.78 is 0. The summed E-state index contributed by atoms with van der Waals surface area (Å²) in [4.78, 5) is 13.5. The molecule has 1 atom stereocenters. The van der Waals surface area contributed by atoms with Gasteiger partial charge in [-0.1, -0.05) is 0 Å². The van der Waals surface area contributed by atoms with Crippen molar-refractivity contribution in [2.75, 3.05) is 32.8 Å². The fourth-order valence-corrected chi connectivity index (χ4v) is 1.96. The molecule has 0 aromatic carbocycles. The Morgan fingerprint density at radius 2 is 2.44 bits per heavy atom. The van der Waals surface area contributed by atoms with Crippen molar-refractivity contribution in [3.63, 3.8) is 0 Å². The Kier molecular flexibility index (Phi) is 5.83. The molecule has 16 heavy (non-hydrogen) atoms. The zero-order valence-corrected chi connectivity index (χ0v) is 9.48. The van der Waals surface area contributed by atoms with Gasteiger partial charge in [0.2, 0.25) is 5.91 Å². The van der Waals surface area contributed by atoms with Gasteiger partial charge in [-0.05, 0) is 25.3 Å². The van der Waals surface area contributed by atoms with E-state index in [1.807, 2.05) is 6.07 Å². The lowest BCUT2D eigenvalue weighted by Crippen LogP contribution is -2.43. The summed E-state index contributed by atoms with van der Waals surface area (Å²) in [6.45, 7) is 2.71. The minimum Gasteiger partial charge on any atom is -0.396 e. The van der Waals surface area contributed by atoms with E-state index in [0.29, 0.717) is 25.4 Å². The number of likely N-dealkylation sites (tertiary alicyclic amines) is 1. The summed E-state index contributed by atoms with van der Waals surface area (Å²) in [7, 11) is 0. The highest BCUT2D eigenvalue weighted by molar-refractivity contribution is 5.78. The number of nitrogens with one attached hydrogen (secondary N) is 1. The van der Waals surface area contributed by atoms with Crippen molar-refractivity contribution in [3.8, 4) is 6.07 Å². The Morgan fingerprint density at radius 1 is 1.62 bits per heavy atom. The van der Waals surface area contributed by atoms with Gasteiger partial charge in [0, 0.05) is 19.7 Å². The zero-order chi connectivity index (χ0) is 11.8. The average molecular weight is 225 g/mol. The van der Waals surface area contributed by atoms with Crippen molar-refractivity contribution in [1.82, 2.24) is 10.2 Å². The summed E-state index contributed by atoms with van der Waals surface area (Å²) in [6, 6.07) is 1.98. The Bertz CT molecular complexity index is 262. The molecule has 1 aliphatic heterocycles. The Labute approximate surface area is 96.0 Å². The molecular formula is C11H19N3O2. The van der Waals surface area contributed by atoms with Gasteiger partial charge in [-0.2, -0.15) is 5.26 Å². The normalized spacial score (nSPS) is 21.4. The molecule has 2 N–H and O–H groups in total. The molecule has 5 heteroatoms. The van der Waals surface area contributed by atoms with E-state index in [4.69, 9.17) is 10.4 Å². The largest absolute Gasteiger partial charge is 0.396 e. The number of nitrogens with zero attached hydrogens (tertiary/aromatic N) is 2. The Balaban J connectivity index is 2.20. The highest BCUT2D eigenvalue weighted by atomic mass is 16.3. The molecule has 1 heterocycles. The molecule has 0 bridgehead atoms. The number of aliphatic hydroxyl groups is 1. The van der Waals surface area contributed by atoms with Gasteiger partial charge in [-0.25, -0.2) is 0 Å². The number of piperidine rings is 1. The van der Waals surface area contributed by atoms with Crippen molar-refractivity contribution in [2.45, 2.75) is 19.3 Å². The van der Waals surface area contributed by atoms with Gasteiger partial charge in [0.15, 0.2) is 0 Å². The first-order valence-electron chi connectivity index (χ1n) is 5.73. The van der Waals surface area contributed by atoms with Gasteiger partial charge in [-0.15, -0.1) is 0 Å². The fraction of sp³-hybridized carbons (Fsp3) is 0.818. The van der Waals surface area contributed by atoms with E-state index in [0.717, 1.165) is 25.9 Å². The van der Waals surface area contributed by atoms with Crippen LogP contribution in [0.2, 0.25) is 0 Å². The topological polar surface area (TPSA) is 76.4 Å². The molecule has 0 saturated carbocycles. The van der Waals surface area contributed by atoms with Gasteiger partial charge >= 0.3 is 0 Å². The number of rotatable bonds is 5. The molecule has 1 saturated heterocycles. The summed E-state index contributed by atoms with van der Waals surface area (Å²) in [5, 5.41) is 20.1. The lowest BCUT2D eigenvalue weighted by molar-refractivity contribution is -0.122. The highest BCUT2D eigenvalue weighted by Gasteiger charge is 2.20. The number of amides is 1. The number of carbonyl (C=O) groups excluding carboxylic acids is 1. The van der Waals surface area contributed by atoms with Crippen LogP contribution in [-0.4, -0.2) is 48.7 Å². The van der Waals surface area contributed by atoms with Crippen LogP contribution in [0.1, 0.15) is 19.3 Å². The first-order valence-corrected chi connectivity index (χ1v) is 5.73. The molecule has 0 aromatic rings. The maximum absolute atomic E-state index is 11.5.